The summed E-state index contributed by atoms with van der Waals surface area (Å²) in [5.41, 5.74) is 1.72. The van der Waals surface area contributed by atoms with Crippen LogP contribution >= 0.6 is 0 Å². The van der Waals surface area contributed by atoms with Crippen LogP contribution in [-0.2, 0) is 0 Å². The van der Waals surface area contributed by atoms with Crippen molar-refractivity contribution in [3.8, 4) is 5.75 Å². The molecule has 3 aromatic rings. The Bertz CT molecular complexity index is 756. The van der Waals surface area contributed by atoms with E-state index in [1.807, 2.05) is 0 Å². The summed E-state index contributed by atoms with van der Waals surface area (Å²) in [5, 5.41) is 17.5. The summed E-state index contributed by atoms with van der Waals surface area (Å²) in [4.78, 5) is 12.0. The molecular weight excluding hydrogens is 262 g/mol. The van der Waals surface area contributed by atoms with E-state index in [-0.39, 0.29) is 5.91 Å². The maximum atomic E-state index is 12.0. The minimum Gasteiger partial charge on any atom is -0.494 e. The number of nitrogens with one attached hydrogen (secondary N) is 1. The van der Waals surface area contributed by atoms with Gasteiger partial charge in [-0.3, -0.25) is 4.79 Å². The third kappa shape index (κ3) is 2.03. The highest BCUT2D eigenvalue weighted by Crippen LogP contribution is 2.28. The maximum absolute atomic E-state index is 12.0. The molecule has 0 aliphatic heterocycles. The molecule has 100 valence electrons. The normalized spacial score (nSPS) is 10.4. The Morgan fingerprint density at radius 2 is 2.05 bits per heavy atom. The Balaban J connectivity index is 1.96. The lowest BCUT2D eigenvalue weighted by molar-refractivity contribution is 0.102. The lowest BCUT2D eigenvalue weighted by Gasteiger charge is -2.06. The molecule has 0 saturated heterocycles. The number of hydrogen-bond donors (Lipinski definition) is 1. The number of rotatable bonds is 3. The quantitative estimate of drug-likeness (QED) is 0.765. The molecule has 0 saturated carbocycles. The van der Waals surface area contributed by atoms with Gasteiger partial charge >= 0.3 is 0 Å². The van der Waals surface area contributed by atoms with Crippen molar-refractivity contribution in [1.29, 1.82) is 0 Å². The van der Waals surface area contributed by atoms with Crippen molar-refractivity contribution < 1.29 is 14.2 Å². The largest absolute Gasteiger partial charge is 0.494 e. The van der Waals surface area contributed by atoms with E-state index in [0.29, 0.717) is 28.0 Å². The number of carbonyl (C=O) groups excluding carboxylic acids is 1. The highest BCUT2D eigenvalue weighted by Gasteiger charge is 2.15. The molecule has 1 amide bonds. The molecule has 8 nitrogen and oxygen atoms in total. The molecule has 0 radical (unpaired) electrons. The number of carbonyl (C=O) groups is 1. The van der Waals surface area contributed by atoms with Crippen LogP contribution in [0.25, 0.3) is 11.0 Å². The van der Waals surface area contributed by atoms with Crippen molar-refractivity contribution in [2.24, 2.45) is 0 Å². The van der Waals surface area contributed by atoms with Gasteiger partial charge in [-0.25, -0.2) is 4.63 Å². The molecule has 0 aliphatic carbocycles. The molecule has 0 spiro atoms. The Kier molecular flexibility index (Phi) is 2.96. The first kappa shape index (κ1) is 12.0. The van der Waals surface area contributed by atoms with E-state index >= 15 is 0 Å². The van der Waals surface area contributed by atoms with E-state index < -0.39 is 0 Å². The average molecular weight is 271 g/mol. The highest BCUT2D eigenvalue weighted by atomic mass is 16.6. The predicted molar refractivity (Wildman–Crippen MR) is 68.3 cm³/mol. The number of aromatic nitrogens is 4. The van der Waals surface area contributed by atoms with Gasteiger partial charge in [0.15, 0.2) is 16.8 Å². The number of fused-ring (bicyclic) bond motifs is 1. The summed E-state index contributed by atoms with van der Waals surface area (Å²) in [6.07, 6.45) is 2.81. The standard InChI is InChI=1S/C12H9N5O3/c1-19-9-3-2-8(10-11(9)17-20-16-10)15-12(18)7-4-5-13-14-6-7/h2-6H,1H3,(H,15,18). The summed E-state index contributed by atoms with van der Waals surface area (Å²) < 4.78 is 9.82. The van der Waals surface area contributed by atoms with Gasteiger partial charge in [0.05, 0.1) is 30.8 Å². The highest BCUT2D eigenvalue weighted by molar-refractivity contribution is 6.08. The first-order chi connectivity index (χ1) is 9.79. The Hall–Kier alpha value is -3.03. The summed E-state index contributed by atoms with van der Waals surface area (Å²) in [5.74, 6) is 0.194. The number of ether oxygens (including phenoxy) is 1. The van der Waals surface area contributed by atoms with Crippen molar-refractivity contribution in [2.75, 3.05) is 12.4 Å². The average Bonchev–Trinajstić information content (AvgIpc) is 2.98. The van der Waals surface area contributed by atoms with E-state index in [9.17, 15) is 4.79 Å². The molecule has 3 rings (SSSR count). The Morgan fingerprint density at radius 1 is 1.20 bits per heavy atom. The van der Waals surface area contributed by atoms with Gasteiger partial charge in [-0.15, -0.1) is 0 Å². The fourth-order valence-electron chi connectivity index (χ4n) is 1.73. The number of hydrogen-bond acceptors (Lipinski definition) is 7. The molecule has 1 N–H and O–H groups in total. The van der Waals surface area contributed by atoms with Gasteiger partial charge in [0.1, 0.15) is 0 Å². The van der Waals surface area contributed by atoms with E-state index in [1.54, 1.807) is 18.2 Å². The molecule has 2 heterocycles. The number of nitrogens with zero attached hydrogens (tertiary/aromatic N) is 4. The van der Waals surface area contributed by atoms with Crippen LogP contribution in [0.4, 0.5) is 5.69 Å². The number of anilines is 1. The van der Waals surface area contributed by atoms with Crippen LogP contribution in [0.1, 0.15) is 10.4 Å². The fraction of sp³-hybridized carbons (Fsp3) is 0.0833. The van der Waals surface area contributed by atoms with Gasteiger partial charge in [0.25, 0.3) is 5.91 Å². The van der Waals surface area contributed by atoms with E-state index in [1.165, 1.54) is 19.5 Å². The second-order valence-electron chi connectivity index (χ2n) is 3.86. The van der Waals surface area contributed by atoms with Crippen molar-refractivity contribution in [3.63, 3.8) is 0 Å². The van der Waals surface area contributed by atoms with Gasteiger partial charge in [-0.05, 0) is 28.5 Å². The van der Waals surface area contributed by atoms with Gasteiger partial charge in [0.2, 0.25) is 0 Å². The van der Waals surface area contributed by atoms with Crippen LogP contribution in [0.2, 0.25) is 0 Å². The van der Waals surface area contributed by atoms with Crippen LogP contribution in [0.5, 0.6) is 5.75 Å². The lowest BCUT2D eigenvalue weighted by Crippen LogP contribution is -2.12. The molecule has 0 aliphatic rings. The molecule has 8 heteroatoms. The molecule has 0 atom stereocenters. The number of amides is 1. The predicted octanol–water partition coefficient (Wildman–Crippen LogP) is 1.27. The SMILES string of the molecule is COc1ccc(NC(=O)c2ccnnc2)c2nonc12. The summed E-state index contributed by atoms with van der Waals surface area (Å²) in [7, 11) is 1.52. The lowest BCUT2D eigenvalue weighted by atomic mass is 10.2. The molecule has 0 fully saturated rings. The summed E-state index contributed by atoms with van der Waals surface area (Å²) in [6.45, 7) is 0. The molecule has 0 bridgehead atoms. The van der Waals surface area contributed by atoms with E-state index in [2.05, 4.69) is 30.5 Å². The van der Waals surface area contributed by atoms with Crippen molar-refractivity contribution >= 4 is 22.6 Å². The minimum atomic E-state index is -0.325. The molecule has 0 unspecified atom stereocenters. The van der Waals surface area contributed by atoms with Crippen molar-refractivity contribution in [3.05, 3.63) is 36.2 Å². The first-order valence-electron chi connectivity index (χ1n) is 5.67. The van der Waals surface area contributed by atoms with Gasteiger partial charge in [0, 0.05) is 0 Å². The van der Waals surface area contributed by atoms with Gasteiger partial charge < -0.3 is 10.1 Å². The maximum Gasteiger partial charge on any atom is 0.257 e. The van der Waals surface area contributed by atoms with Gasteiger partial charge in [-0.2, -0.15) is 10.2 Å². The van der Waals surface area contributed by atoms with Crippen LogP contribution in [0, 0.1) is 0 Å². The van der Waals surface area contributed by atoms with Crippen molar-refractivity contribution in [2.45, 2.75) is 0 Å². The fourth-order valence-corrected chi connectivity index (χ4v) is 1.73. The zero-order chi connectivity index (χ0) is 13.9. The minimum absolute atomic E-state index is 0.325. The van der Waals surface area contributed by atoms with Crippen LogP contribution < -0.4 is 10.1 Å². The molecule has 20 heavy (non-hydrogen) atoms. The topological polar surface area (TPSA) is 103 Å². The van der Waals surface area contributed by atoms with E-state index in [0.717, 1.165) is 0 Å². The van der Waals surface area contributed by atoms with Crippen molar-refractivity contribution in [1.82, 2.24) is 20.5 Å². The summed E-state index contributed by atoms with van der Waals surface area (Å²) in [6, 6.07) is 4.90. The van der Waals surface area contributed by atoms with E-state index in [4.69, 9.17) is 4.74 Å². The van der Waals surface area contributed by atoms with Crippen LogP contribution in [-0.4, -0.2) is 33.5 Å². The van der Waals surface area contributed by atoms with Crippen LogP contribution in [0.15, 0.2) is 35.2 Å². The monoisotopic (exact) mass is 271 g/mol. The number of methoxy groups -OCH3 is 1. The zero-order valence-electron chi connectivity index (χ0n) is 10.4. The Labute approximate surface area is 112 Å². The van der Waals surface area contributed by atoms with Gasteiger partial charge in [-0.1, -0.05) is 0 Å². The smallest absolute Gasteiger partial charge is 0.257 e. The summed E-state index contributed by atoms with van der Waals surface area (Å²) >= 11 is 0. The Morgan fingerprint density at radius 3 is 2.80 bits per heavy atom. The third-order valence-electron chi connectivity index (χ3n) is 2.69. The zero-order valence-corrected chi connectivity index (χ0v) is 10.4. The third-order valence-corrected chi connectivity index (χ3v) is 2.69. The first-order valence-corrected chi connectivity index (χ1v) is 5.67. The second-order valence-corrected chi connectivity index (χ2v) is 3.86. The second kappa shape index (κ2) is 4.92. The molecule has 1 aromatic carbocycles. The molecule has 2 aromatic heterocycles. The number of benzene rings is 1. The van der Waals surface area contributed by atoms with Crippen LogP contribution in [0.3, 0.4) is 0 Å². The molecular formula is C12H9N5O3.